The number of likely N-dealkylation sites (tertiary alicyclic amines) is 1. The summed E-state index contributed by atoms with van der Waals surface area (Å²) in [5.41, 5.74) is 11.3. The fourth-order valence-electron chi connectivity index (χ4n) is 11.4. The molecule has 1 atom stereocenters. The largest absolute Gasteiger partial charge is 0.297 e. The van der Waals surface area contributed by atoms with Crippen molar-refractivity contribution in [1.29, 1.82) is 0 Å². The Labute approximate surface area is 384 Å². The second-order valence-corrected chi connectivity index (χ2v) is 19.0. The lowest BCUT2D eigenvalue weighted by molar-refractivity contribution is 0.0579. The van der Waals surface area contributed by atoms with Gasteiger partial charge >= 0.3 is 0 Å². The average molecular weight is 849 g/mol. The van der Waals surface area contributed by atoms with E-state index in [9.17, 15) is 9.59 Å². The first-order chi connectivity index (χ1) is 30.9. The summed E-state index contributed by atoms with van der Waals surface area (Å²) in [6.07, 6.45) is 16.3. The van der Waals surface area contributed by atoms with Crippen molar-refractivity contribution in [3.05, 3.63) is 205 Å². The quantitative estimate of drug-likeness (QED) is 0.0690. The normalized spacial score (nSPS) is 16.5. The van der Waals surface area contributed by atoms with Crippen LogP contribution < -0.4 is 0 Å². The monoisotopic (exact) mass is 849 g/mol. The third-order valence-corrected chi connectivity index (χ3v) is 14.9. The van der Waals surface area contributed by atoms with Crippen molar-refractivity contribution in [3.63, 3.8) is 0 Å². The molecule has 8 rings (SSSR count). The van der Waals surface area contributed by atoms with Crippen LogP contribution in [0, 0.1) is 0 Å². The van der Waals surface area contributed by atoms with E-state index in [1.54, 1.807) is 0 Å². The van der Waals surface area contributed by atoms with Crippen LogP contribution in [0.5, 0.6) is 0 Å². The number of fused-ring (bicyclic) bond motifs is 6. The van der Waals surface area contributed by atoms with Crippen LogP contribution in [-0.4, -0.2) is 59.6 Å². The van der Waals surface area contributed by atoms with Crippen LogP contribution in [0.3, 0.4) is 0 Å². The summed E-state index contributed by atoms with van der Waals surface area (Å²) in [5.74, 6) is 0.392. The molecule has 0 N–H and O–H groups in total. The maximum Gasteiger partial charge on any atom is 0.183 e. The minimum Gasteiger partial charge on any atom is -0.297 e. The Balaban J connectivity index is 0.000000193. The van der Waals surface area contributed by atoms with Crippen LogP contribution in [0.1, 0.15) is 121 Å². The highest BCUT2D eigenvalue weighted by molar-refractivity contribution is 6.05. The van der Waals surface area contributed by atoms with Gasteiger partial charge in [-0.1, -0.05) is 141 Å². The second kappa shape index (κ2) is 19.2. The molecule has 0 aromatic heterocycles. The molecule has 1 unspecified atom stereocenters. The molecule has 4 heteroatoms. The summed E-state index contributed by atoms with van der Waals surface area (Å²) in [6, 6.07) is 40.2. The van der Waals surface area contributed by atoms with E-state index in [1.165, 1.54) is 69.3 Å². The fourth-order valence-corrected chi connectivity index (χ4v) is 11.4. The van der Waals surface area contributed by atoms with Gasteiger partial charge in [0.15, 0.2) is 11.6 Å². The number of piperidine rings is 1. The van der Waals surface area contributed by atoms with Crippen LogP contribution in [0.25, 0.3) is 22.3 Å². The van der Waals surface area contributed by atoms with E-state index in [1.807, 2.05) is 68.7 Å². The number of rotatable bonds is 17. The minimum atomic E-state index is -0.611. The Morgan fingerprint density at radius 3 is 1.44 bits per heavy atom. The molecule has 0 saturated carbocycles. The lowest BCUT2D eigenvalue weighted by Crippen LogP contribution is -2.52. The zero-order chi connectivity index (χ0) is 45.7. The molecule has 0 radical (unpaired) electrons. The molecule has 3 aliphatic rings. The molecule has 5 aromatic rings. The number of Topliss-reactive ketones (excluding diaryl/α,β-unsaturated/α-hetero) is 2. The zero-order valence-electron chi connectivity index (χ0n) is 39.1. The van der Waals surface area contributed by atoms with Crippen molar-refractivity contribution < 1.29 is 9.59 Å². The highest BCUT2D eigenvalue weighted by Crippen LogP contribution is 2.55. The summed E-state index contributed by atoms with van der Waals surface area (Å²) in [5, 5.41) is 0. The molecule has 2 aliphatic carbocycles. The number of carbonyl (C=O) groups is 2. The molecule has 64 heavy (non-hydrogen) atoms. The Hall–Kier alpha value is -5.68. The molecule has 1 aliphatic heterocycles. The number of hydrogen-bond donors (Lipinski definition) is 0. The smallest absolute Gasteiger partial charge is 0.183 e. The Kier molecular flexibility index (Phi) is 13.9. The standard InChI is InChI=1S/C32H35NO.C28H33NO/c1-6-20-31(21-7-2)28-17-13-12-16-26(28)27-19-18-25(22-29(27)31)30(34)32(8-3,33(4)5)23-24-14-10-9-11-15-24;1-5-16-28(17-6-2)24-13-9-8-12-22(24)23-15-14-21(20-25(23)28)26(30)27(3,4)29-18-10-7-11-19-29/h6-7,9-19,22H,1-2,8,20-21,23H2,3-5H3;5-6,8-9,12-15,20H,1-2,7,10-11,16-19H2,3-4H3. The summed E-state index contributed by atoms with van der Waals surface area (Å²) >= 11 is 0. The summed E-state index contributed by atoms with van der Waals surface area (Å²) < 4.78 is 0. The van der Waals surface area contributed by atoms with Crippen LogP contribution in [0.4, 0.5) is 0 Å². The van der Waals surface area contributed by atoms with Gasteiger partial charge in [-0.3, -0.25) is 19.4 Å². The van der Waals surface area contributed by atoms with Gasteiger partial charge in [-0.15, -0.1) is 26.3 Å². The third kappa shape index (κ3) is 8.05. The molecule has 0 bridgehead atoms. The van der Waals surface area contributed by atoms with E-state index >= 15 is 0 Å². The number of benzene rings is 5. The van der Waals surface area contributed by atoms with Crippen LogP contribution in [0.2, 0.25) is 0 Å². The number of allylic oxidation sites excluding steroid dienone is 4. The molecular weight excluding hydrogens is 781 g/mol. The van der Waals surface area contributed by atoms with E-state index in [0.717, 1.165) is 56.3 Å². The number of nitrogens with zero attached hydrogens (tertiary/aromatic N) is 2. The SMILES string of the molecule is C=CCC1(CC=C)c2ccccc2-c2ccc(C(=O)C(C)(C)N3CCCCC3)cc21.C=CCC1(CC=C)c2ccccc2-c2ccc(C(=O)C(CC)(Cc3ccccc3)N(C)C)cc21. The highest BCUT2D eigenvalue weighted by atomic mass is 16.1. The van der Waals surface area contributed by atoms with Gasteiger partial charge in [-0.25, -0.2) is 0 Å². The zero-order valence-corrected chi connectivity index (χ0v) is 39.1. The lowest BCUT2D eigenvalue weighted by atomic mass is 9.72. The number of carbonyl (C=O) groups excluding carboxylic acids is 2. The molecule has 1 saturated heterocycles. The van der Waals surface area contributed by atoms with Crippen molar-refractivity contribution in [1.82, 2.24) is 9.80 Å². The maximum absolute atomic E-state index is 14.3. The van der Waals surface area contributed by atoms with Gasteiger partial charge in [-0.2, -0.15) is 0 Å². The number of hydrogen-bond acceptors (Lipinski definition) is 4. The predicted molar refractivity (Wildman–Crippen MR) is 270 cm³/mol. The van der Waals surface area contributed by atoms with Gasteiger partial charge in [0.25, 0.3) is 0 Å². The van der Waals surface area contributed by atoms with Crippen LogP contribution in [0.15, 0.2) is 166 Å². The molecule has 330 valence electrons. The molecule has 0 spiro atoms. The van der Waals surface area contributed by atoms with Crippen molar-refractivity contribution in [2.75, 3.05) is 27.2 Å². The van der Waals surface area contributed by atoms with Gasteiger partial charge in [0.05, 0.1) is 11.1 Å². The third-order valence-electron chi connectivity index (χ3n) is 14.9. The Bertz CT molecular complexity index is 2520. The molecule has 0 amide bonds. The van der Waals surface area contributed by atoms with E-state index < -0.39 is 11.1 Å². The van der Waals surface area contributed by atoms with Crippen molar-refractivity contribution >= 4 is 11.6 Å². The van der Waals surface area contributed by atoms with Gasteiger partial charge in [0.1, 0.15) is 0 Å². The Morgan fingerprint density at radius 1 is 0.578 bits per heavy atom. The minimum absolute atomic E-state index is 0.175. The number of ketones is 2. The molecule has 5 aromatic carbocycles. The van der Waals surface area contributed by atoms with E-state index in [0.29, 0.717) is 6.42 Å². The average Bonchev–Trinajstić information content (AvgIpc) is 3.74. The summed E-state index contributed by atoms with van der Waals surface area (Å²) in [6.45, 7) is 24.5. The number of likely N-dealkylation sites (N-methyl/N-ethyl adjacent to an activating group) is 1. The Morgan fingerprint density at radius 2 is 1.00 bits per heavy atom. The first kappa shape index (κ1) is 46.3. The molecule has 4 nitrogen and oxygen atoms in total. The van der Waals surface area contributed by atoms with Crippen molar-refractivity contribution in [3.8, 4) is 22.3 Å². The lowest BCUT2D eigenvalue weighted by Gasteiger charge is -2.40. The second-order valence-electron chi connectivity index (χ2n) is 19.0. The predicted octanol–water partition coefficient (Wildman–Crippen LogP) is 13.8. The van der Waals surface area contributed by atoms with Crippen molar-refractivity contribution in [2.45, 2.75) is 100 Å². The fraction of sp³-hybridized carbons (Fsp3) is 0.333. The highest BCUT2D eigenvalue weighted by Gasteiger charge is 2.45. The first-order valence-corrected chi connectivity index (χ1v) is 23.4. The van der Waals surface area contributed by atoms with Gasteiger partial charge in [0, 0.05) is 22.0 Å². The van der Waals surface area contributed by atoms with Crippen LogP contribution >= 0.6 is 0 Å². The summed E-state index contributed by atoms with van der Waals surface area (Å²) in [7, 11) is 4.04. The van der Waals surface area contributed by atoms with E-state index in [4.69, 9.17) is 0 Å². The molecule has 1 fully saturated rings. The first-order valence-electron chi connectivity index (χ1n) is 23.4. The topological polar surface area (TPSA) is 40.6 Å². The summed E-state index contributed by atoms with van der Waals surface area (Å²) in [4.78, 5) is 32.4. The van der Waals surface area contributed by atoms with Gasteiger partial charge in [0.2, 0.25) is 0 Å². The van der Waals surface area contributed by atoms with E-state index in [-0.39, 0.29) is 22.4 Å². The molecular formula is C60H68N2O2. The molecule has 1 heterocycles. The van der Waals surface area contributed by atoms with Gasteiger partial charge < -0.3 is 0 Å². The maximum atomic E-state index is 14.3. The van der Waals surface area contributed by atoms with Gasteiger partial charge in [-0.05, 0) is 155 Å². The van der Waals surface area contributed by atoms with Crippen LogP contribution in [-0.2, 0) is 17.3 Å². The van der Waals surface area contributed by atoms with E-state index in [2.05, 4.69) is 142 Å². The van der Waals surface area contributed by atoms with Crippen molar-refractivity contribution in [2.24, 2.45) is 0 Å².